The molecule has 1 atom stereocenters. The molecule has 1 aliphatic carbocycles. The van der Waals surface area contributed by atoms with E-state index in [1.165, 1.54) is 11.1 Å². The monoisotopic (exact) mass is 203 g/mol. The highest BCUT2D eigenvalue weighted by Crippen LogP contribution is 2.43. The maximum absolute atomic E-state index is 8.65. The van der Waals surface area contributed by atoms with Crippen molar-refractivity contribution in [3.05, 3.63) is 23.3 Å². The van der Waals surface area contributed by atoms with Crippen molar-refractivity contribution in [3.63, 3.8) is 0 Å². The van der Waals surface area contributed by atoms with E-state index in [4.69, 9.17) is 14.7 Å². The number of rotatable bonds is 3. The molecular formula is C12H13NO2. The van der Waals surface area contributed by atoms with Crippen LogP contribution in [0.5, 0.6) is 11.5 Å². The Labute approximate surface area is 89.2 Å². The highest BCUT2D eigenvalue weighted by Gasteiger charge is 2.27. The third-order valence-electron chi connectivity index (χ3n) is 2.89. The Morgan fingerprint density at radius 1 is 1.33 bits per heavy atom. The molecule has 78 valence electrons. The van der Waals surface area contributed by atoms with E-state index in [0.717, 1.165) is 17.9 Å². The zero-order valence-corrected chi connectivity index (χ0v) is 8.91. The molecule has 0 saturated heterocycles. The summed E-state index contributed by atoms with van der Waals surface area (Å²) in [6.45, 7) is 0. The van der Waals surface area contributed by atoms with E-state index in [9.17, 15) is 0 Å². The van der Waals surface area contributed by atoms with E-state index >= 15 is 0 Å². The van der Waals surface area contributed by atoms with Crippen LogP contribution in [-0.2, 0) is 6.42 Å². The second kappa shape index (κ2) is 3.82. The van der Waals surface area contributed by atoms with Crippen LogP contribution in [0.1, 0.15) is 23.5 Å². The van der Waals surface area contributed by atoms with Crippen molar-refractivity contribution < 1.29 is 9.47 Å². The van der Waals surface area contributed by atoms with Crippen molar-refractivity contribution in [2.75, 3.05) is 14.2 Å². The minimum absolute atomic E-state index is 0.379. The Bertz CT molecular complexity index is 420. The molecule has 0 heterocycles. The summed E-state index contributed by atoms with van der Waals surface area (Å²) in [5.74, 6) is 1.90. The molecule has 1 aromatic carbocycles. The van der Waals surface area contributed by atoms with Crippen molar-refractivity contribution in [1.82, 2.24) is 0 Å². The molecule has 1 aliphatic rings. The fraction of sp³-hybridized carbons (Fsp3) is 0.417. The van der Waals surface area contributed by atoms with E-state index in [1.807, 2.05) is 12.1 Å². The van der Waals surface area contributed by atoms with Gasteiger partial charge in [-0.15, -0.1) is 0 Å². The summed E-state index contributed by atoms with van der Waals surface area (Å²) in [6.07, 6.45) is 1.56. The molecule has 0 aliphatic heterocycles. The maximum atomic E-state index is 8.65. The summed E-state index contributed by atoms with van der Waals surface area (Å²) >= 11 is 0. The minimum Gasteiger partial charge on any atom is -0.493 e. The largest absolute Gasteiger partial charge is 0.493 e. The van der Waals surface area contributed by atoms with Gasteiger partial charge >= 0.3 is 0 Å². The van der Waals surface area contributed by atoms with Crippen LogP contribution in [0.15, 0.2) is 12.1 Å². The first-order valence-corrected chi connectivity index (χ1v) is 4.92. The van der Waals surface area contributed by atoms with E-state index < -0.39 is 0 Å². The Morgan fingerprint density at radius 3 is 2.60 bits per heavy atom. The number of hydrogen-bond donors (Lipinski definition) is 0. The molecule has 0 amide bonds. The second-order valence-corrected chi connectivity index (χ2v) is 3.67. The molecule has 1 aromatic rings. The fourth-order valence-corrected chi connectivity index (χ4v) is 2.03. The average molecular weight is 203 g/mol. The molecule has 0 unspecified atom stereocenters. The second-order valence-electron chi connectivity index (χ2n) is 3.67. The van der Waals surface area contributed by atoms with Crippen molar-refractivity contribution in [2.45, 2.75) is 18.8 Å². The molecule has 3 heteroatoms. The summed E-state index contributed by atoms with van der Waals surface area (Å²) in [4.78, 5) is 0. The van der Waals surface area contributed by atoms with Gasteiger partial charge in [0.25, 0.3) is 0 Å². The van der Waals surface area contributed by atoms with Gasteiger partial charge in [-0.2, -0.15) is 5.26 Å². The van der Waals surface area contributed by atoms with Crippen LogP contribution in [0.4, 0.5) is 0 Å². The lowest BCUT2D eigenvalue weighted by atomic mass is 9.76. The predicted octanol–water partition coefficient (Wildman–Crippen LogP) is 2.26. The van der Waals surface area contributed by atoms with Gasteiger partial charge in [0.2, 0.25) is 0 Å². The number of fused-ring (bicyclic) bond motifs is 1. The van der Waals surface area contributed by atoms with Crippen LogP contribution in [0.3, 0.4) is 0 Å². The fourth-order valence-electron chi connectivity index (χ4n) is 2.03. The van der Waals surface area contributed by atoms with Crippen LogP contribution in [0, 0.1) is 11.3 Å². The molecular weight excluding hydrogens is 190 g/mol. The molecule has 0 spiro atoms. The number of methoxy groups -OCH3 is 2. The van der Waals surface area contributed by atoms with Crippen molar-refractivity contribution in [2.24, 2.45) is 0 Å². The topological polar surface area (TPSA) is 42.2 Å². The number of nitriles is 1. The summed E-state index contributed by atoms with van der Waals surface area (Å²) in [7, 11) is 3.26. The Balaban J connectivity index is 2.33. The zero-order chi connectivity index (χ0) is 10.8. The number of hydrogen-bond acceptors (Lipinski definition) is 3. The third-order valence-corrected chi connectivity index (χ3v) is 2.89. The Morgan fingerprint density at radius 2 is 2.00 bits per heavy atom. The molecule has 3 nitrogen and oxygen atoms in total. The smallest absolute Gasteiger partial charge is 0.161 e. The van der Waals surface area contributed by atoms with Gasteiger partial charge in [-0.1, -0.05) is 0 Å². The van der Waals surface area contributed by atoms with E-state index in [-0.39, 0.29) is 0 Å². The van der Waals surface area contributed by atoms with E-state index in [2.05, 4.69) is 6.07 Å². The van der Waals surface area contributed by atoms with Crippen molar-refractivity contribution in [3.8, 4) is 17.6 Å². The quantitative estimate of drug-likeness (QED) is 0.756. The lowest BCUT2D eigenvalue weighted by molar-refractivity contribution is 0.352. The van der Waals surface area contributed by atoms with Gasteiger partial charge in [-0.25, -0.2) is 0 Å². The SMILES string of the molecule is COc1cc2c(cc1OC)[C@@H](CC#N)C2. The van der Waals surface area contributed by atoms with Gasteiger partial charge < -0.3 is 9.47 Å². The molecule has 0 radical (unpaired) electrons. The summed E-state index contributed by atoms with van der Waals surface area (Å²) in [5.41, 5.74) is 2.50. The number of benzene rings is 1. The Hall–Kier alpha value is -1.69. The highest BCUT2D eigenvalue weighted by molar-refractivity contribution is 5.53. The average Bonchev–Trinajstić information content (AvgIpc) is 2.25. The number of ether oxygens (including phenoxy) is 2. The Kier molecular flexibility index (Phi) is 2.51. The van der Waals surface area contributed by atoms with Crippen molar-refractivity contribution in [1.29, 1.82) is 5.26 Å². The number of nitrogens with zero attached hydrogens (tertiary/aromatic N) is 1. The first-order valence-electron chi connectivity index (χ1n) is 4.92. The van der Waals surface area contributed by atoms with Crippen LogP contribution in [0.25, 0.3) is 0 Å². The highest BCUT2D eigenvalue weighted by atomic mass is 16.5. The van der Waals surface area contributed by atoms with E-state index in [1.54, 1.807) is 14.2 Å². The lowest BCUT2D eigenvalue weighted by Gasteiger charge is -2.29. The van der Waals surface area contributed by atoms with Crippen LogP contribution in [-0.4, -0.2) is 14.2 Å². The van der Waals surface area contributed by atoms with Crippen LogP contribution in [0.2, 0.25) is 0 Å². The van der Waals surface area contributed by atoms with Crippen molar-refractivity contribution >= 4 is 0 Å². The molecule has 2 rings (SSSR count). The van der Waals surface area contributed by atoms with Crippen LogP contribution < -0.4 is 9.47 Å². The zero-order valence-electron chi connectivity index (χ0n) is 8.91. The maximum Gasteiger partial charge on any atom is 0.161 e. The van der Waals surface area contributed by atoms with Gasteiger partial charge in [0.15, 0.2) is 11.5 Å². The normalized spacial score (nSPS) is 17.3. The predicted molar refractivity (Wildman–Crippen MR) is 56.2 cm³/mol. The minimum atomic E-state index is 0.379. The van der Waals surface area contributed by atoms with Gasteiger partial charge in [-0.05, 0) is 29.7 Å². The first kappa shape index (κ1) is 9.85. The first-order chi connectivity index (χ1) is 7.30. The standard InChI is InChI=1S/C12H13NO2/c1-14-11-6-9-5-8(3-4-13)10(9)7-12(11)15-2/h6-8H,3,5H2,1-2H3/t8-/m0/s1. The van der Waals surface area contributed by atoms with E-state index in [0.29, 0.717) is 12.3 Å². The molecule has 15 heavy (non-hydrogen) atoms. The summed E-state index contributed by atoms with van der Waals surface area (Å²) < 4.78 is 10.4. The molecule has 0 aromatic heterocycles. The van der Waals surface area contributed by atoms with Gasteiger partial charge in [0, 0.05) is 12.3 Å². The summed E-state index contributed by atoms with van der Waals surface area (Å²) in [5, 5.41) is 8.65. The molecule has 0 bridgehead atoms. The lowest BCUT2D eigenvalue weighted by Crippen LogP contribution is -2.17. The molecule has 0 fully saturated rings. The molecule has 0 N–H and O–H groups in total. The van der Waals surface area contributed by atoms with Gasteiger partial charge in [0.1, 0.15) is 0 Å². The molecule has 0 saturated carbocycles. The van der Waals surface area contributed by atoms with Gasteiger partial charge in [-0.3, -0.25) is 0 Å². The third kappa shape index (κ3) is 1.52. The summed E-state index contributed by atoms with van der Waals surface area (Å²) in [6, 6.07) is 6.19. The van der Waals surface area contributed by atoms with Gasteiger partial charge in [0.05, 0.1) is 20.3 Å². The van der Waals surface area contributed by atoms with Crippen LogP contribution >= 0.6 is 0 Å².